The highest BCUT2D eigenvalue weighted by Crippen LogP contribution is 2.20. The lowest BCUT2D eigenvalue weighted by Crippen LogP contribution is -2.39. The zero-order valence-corrected chi connectivity index (χ0v) is 7.96. The minimum Gasteiger partial charge on any atom is -0.440 e. The highest BCUT2D eigenvalue weighted by Gasteiger charge is 2.34. The quantitative estimate of drug-likeness (QED) is 0.769. The number of amides is 1. The van der Waals surface area contributed by atoms with Gasteiger partial charge in [-0.05, 0) is 12.8 Å². The molecule has 4 nitrogen and oxygen atoms in total. The van der Waals surface area contributed by atoms with Gasteiger partial charge in [-0.25, -0.2) is 4.79 Å². The van der Waals surface area contributed by atoms with Gasteiger partial charge in [-0.1, -0.05) is 0 Å². The average Bonchev–Trinajstić information content (AvgIpc) is 2.60. The first-order chi connectivity index (χ1) is 6.94. The Hall–Kier alpha value is -0.980. The molecule has 1 heterocycles. The molecule has 0 radical (unpaired) electrons. The molecule has 0 spiro atoms. The molecule has 0 aromatic heterocycles. The Kier molecular flexibility index (Phi) is 3.78. The van der Waals surface area contributed by atoms with Crippen molar-refractivity contribution in [3.63, 3.8) is 0 Å². The summed E-state index contributed by atoms with van der Waals surface area (Å²) in [5, 5.41) is 8.84. The predicted molar refractivity (Wildman–Crippen MR) is 44.2 cm³/mol. The average molecular weight is 227 g/mol. The van der Waals surface area contributed by atoms with E-state index in [4.69, 9.17) is 5.11 Å². The van der Waals surface area contributed by atoms with Gasteiger partial charge in [-0.2, -0.15) is 13.2 Å². The third kappa shape index (κ3) is 3.58. The number of aliphatic hydroxyl groups is 1. The summed E-state index contributed by atoms with van der Waals surface area (Å²) in [6.07, 6.45) is -4.25. The number of carbonyl (C=O) groups excluding carboxylic acids is 1. The SMILES string of the molecule is O=C(OCC(F)(F)F)N1CCC[C@H]1CO. The molecule has 0 unspecified atom stereocenters. The van der Waals surface area contributed by atoms with Crippen LogP contribution in [0.4, 0.5) is 18.0 Å². The largest absolute Gasteiger partial charge is 0.440 e. The van der Waals surface area contributed by atoms with Crippen molar-refractivity contribution in [3.8, 4) is 0 Å². The van der Waals surface area contributed by atoms with E-state index in [0.717, 1.165) is 4.90 Å². The topological polar surface area (TPSA) is 49.8 Å². The highest BCUT2D eigenvalue weighted by molar-refractivity contribution is 5.68. The number of alkyl halides is 3. The molecule has 0 bridgehead atoms. The number of aliphatic hydroxyl groups excluding tert-OH is 1. The van der Waals surface area contributed by atoms with Gasteiger partial charge in [0, 0.05) is 6.54 Å². The lowest BCUT2D eigenvalue weighted by molar-refractivity contribution is -0.162. The maximum absolute atomic E-state index is 11.7. The monoisotopic (exact) mass is 227 g/mol. The fourth-order valence-corrected chi connectivity index (χ4v) is 1.49. The van der Waals surface area contributed by atoms with Crippen molar-refractivity contribution < 1.29 is 27.8 Å². The molecule has 1 aliphatic heterocycles. The lowest BCUT2D eigenvalue weighted by Gasteiger charge is -2.22. The normalized spacial score (nSPS) is 21.9. The van der Waals surface area contributed by atoms with Crippen LogP contribution in [0.5, 0.6) is 0 Å². The van der Waals surface area contributed by atoms with E-state index in [0.29, 0.717) is 19.4 Å². The van der Waals surface area contributed by atoms with Crippen molar-refractivity contribution in [2.45, 2.75) is 25.1 Å². The Morgan fingerprint density at radius 2 is 2.20 bits per heavy atom. The molecule has 0 aliphatic carbocycles. The number of hydrogen-bond acceptors (Lipinski definition) is 3. The third-order valence-corrected chi connectivity index (χ3v) is 2.18. The molecule has 15 heavy (non-hydrogen) atoms. The molecular formula is C8H12F3NO3. The molecule has 0 saturated carbocycles. The predicted octanol–water partition coefficient (Wildman–Crippen LogP) is 1.14. The van der Waals surface area contributed by atoms with Crippen molar-refractivity contribution >= 4 is 6.09 Å². The molecular weight excluding hydrogens is 215 g/mol. The second-order valence-electron chi connectivity index (χ2n) is 3.34. The Balaban J connectivity index is 2.40. The summed E-state index contributed by atoms with van der Waals surface area (Å²) < 4.78 is 39.3. The van der Waals surface area contributed by atoms with E-state index < -0.39 is 24.9 Å². The number of likely N-dealkylation sites (tertiary alicyclic amines) is 1. The van der Waals surface area contributed by atoms with Crippen LogP contribution >= 0.6 is 0 Å². The fourth-order valence-electron chi connectivity index (χ4n) is 1.49. The van der Waals surface area contributed by atoms with Crippen LogP contribution in [0.25, 0.3) is 0 Å². The summed E-state index contributed by atoms with van der Waals surface area (Å²) in [4.78, 5) is 12.3. The van der Waals surface area contributed by atoms with Crippen LogP contribution in [-0.4, -0.2) is 48.1 Å². The molecule has 1 fully saturated rings. The Morgan fingerprint density at radius 1 is 1.53 bits per heavy atom. The van der Waals surface area contributed by atoms with Crippen LogP contribution in [-0.2, 0) is 4.74 Å². The smallest absolute Gasteiger partial charge is 0.422 e. The molecule has 0 aromatic rings. The number of nitrogens with zero attached hydrogens (tertiary/aromatic N) is 1. The second-order valence-corrected chi connectivity index (χ2v) is 3.34. The maximum Gasteiger partial charge on any atom is 0.422 e. The summed E-state index contributed by atoms with van der Waals surface area (Å²) in [5.74, 6) is 0. The summed E-state index contributed by atoms with van der Waals surface area (Å²) in [5.41, 5.74) is 0. The number of rotatable bonds is 2. The molecule has 1 rings (SSSR count). The van der Waals surface area contributed by atoms with Crippen LogP contribution in [0.1, 0.15) is 12.8 Å². The van der Waals surface area contributed by atoms with Gasteiger partial charge in [0.2, 0.25) is 0 Å². The summed E-state index contributed by atoms with van der Waals surface area (Å²) in [6, 6.07) is -0.411. The number of hydrogen-bond donors (Lipinski definition) is 1. The molecule has 1 amide bonds. The first-order valence-electron chi connectivity index (χ1n) is 4.55. The summed E-state index contributed by atoms with van der Waals surface area (Å²) >= 11 is 0. The molecule has 0 aromatic carbocycles. The first-order valence-corrected chi connectivity index (χ1v) is 4.55. The minimum absolute atomic E-state index is 0.249. The maximum atomic E-state index is 11.7. The molecule has 7 heteroatoms. The van der Waals surface area contributed by atoms with Gasteiger partial charge in [0.25, 0.3) is 0 Å². The molecule has 1 atom stereocenters. The van der Waals surface area contributed by atoms with E-state index in [1.165, 1.54) is 0 Å². The summed E-state index contributed by atoms with van der Waals surface area (Å²) in [7, 11) is 0. The van der Waals surface area contributed by atoms with E-state index in [1.807, 2.05) is 0 Å². The van der Waals surface area contributed by atoms with Gasteiger partial charge in [0.05, 0.1) is 12.6 Å². The number of carbonyl (C=O) groups is 1. The van der Waals surface area contributed by atoms with Gasteiger partial charge in [-0.3, -0.25) is 0 Å². The fraction of sp³-hybridized carbons (Fsp3) is 0.875. The minimum atomic E-state index is -4.51. The van der Waals surface area contributed by atoms with E-state index in [-0.39, 0.29) is 6.61 Å². The molecule has 1 aliphatic rings. The number of halogens is 3. The van der Waals surface area contributed by atoms with Gasteiger partial charge >= 0.3 is 12.3 Å². The van der Waals surface area contributed by atoms with Crippen LogP contribution < -0.4 is 0 Å². The standard InChI is InChI=1S/C8H12F3NO3/c9-8(10,11)5-15-7(14)12-3-1-2-6(12)4-13/h6,13H,1-5H2/t6-/m0/s1. The van der Waals surface area contributed by atoms with Crippen molar-refractivity contribution in [3.05, 3.63) is 0 Å². The Morgan fingerprint density at radius 3 is 2.73 bits per heavy atom. The van der Waals surface area contributed by atoms with Gasteiger partial charge in [-0.15, -0.1) is 0 Å². The van der Waals surface area contributed by atoms with Gasteiger partial charge < -0.3 is 14.7 Å². The Bertz CT molecular complexity index is 232. The molecule has 88 valence electrons. The van der Waals surface area contributed by atoms with Crippen molar-refractivity contribution in [2.75, 3.05) is 19.8 Å². The zero-order valence-electron chi connectivity index (χ0n) is 7.96. The lowest BCUT2D eigenvalue weighted by atomic mass is 10.2. The molecule has 1 N–H and O–H groups in total. The van der Waals surface area contributed by atoms with E-state index in [2.05, 4.69) is 4.74 Å². The van der Waals surface area contributed by atoms with Gasteiger partial charge in [0.15, 0.2) is 6.61 Å². The second kappa shape index (κ2) is 4.69. The van der Waals surface area contributed by atoms with E-state index >= 15 is 0 Å². The third-order valence-electron chi connectivity index (χ3n) is 2.18. The first kappa shape index (κ1) is 12.1. The van der Waals surface area contributed by atoms with Crippen LogP contribution in [0.3, 0.4) is 0 Å². The van der Waals surface area contributed by atoms with Crippen LogP contribution in [0.2, 0.25) is 0 Å². The highest BCUT2D eigenvalue weighted by atomic mass is 19.4. The van der Waals surface area contributed by atoms with E-state index in [1.54, 1.807) is 0 Å². The van der Waals surface area contributed by atoms with Crippen LogP contribution in [0, 0.1) is 0 Å². The zero-order chi connectivity index (χ0) is 11.5. The summed E-state index contributed by atoms with van der Waals surface area (Å²) in [6.45, 7) is -1.50. The molecule has 1 saturated heterocycles. The van der Waals surface area contributed by atoms with Gasteiger partial charge in [0.1, 0.15) is 0 Å². The Labute approximate surface area is 84.6 Å². The van der Waals surface area contributed by atoms with Crippen molar-refractivity contribution in [1.82, 2.24) is 4.90 Å². The van der Waals surface area contributed by atoms with E-state index in [9.17, 15) is 18.0 Å². The van der Waals surface area contributed by atoms with Crippen molar-refractivity contribution in [2.24, 2.45) is 0 Å². The van der Waals surface area contributed by atoms with Crippen molar-refractivity contribution in [1.29, 1.82) is 0 Å². The van der Waals surface area contributed by atoms with Crippen LogP contribution in [0.15, 0.2) is 0 Å². The number of ether oxygens (including phenoxy) is 1.